The van der Waals surface area contributed by atoms with E-state index in [2.05, 4.69) is 15.1 Å². The molecule has 0 amide bonds. The molecule has 8 heteroatoms. The number of fused-ring (bicyclic) bond motifs is 1. The molecule has 1 heterocycles. The number of hydrogen-bond acceptors (Lipinski definition) is 6. The first-order valence-corrected chi connectivity index (χ1v) is 10.3. The summed E-state index contributed by atoms with van der Waals surface area (Å²) < 4.78 is 5.81. The molecule has 0 atom stereocenters. The Bertz CT molecular complexity index is 1160. The Morgan fingerprint density at radius 1 is 1.19 bits per heavy atom. The van der Waals surface area contributed by atoms with Crippen LogP contribution in [0.15, 0.2) is 53.8 Å². The van der Waals surface area contributed by atoms with E-state index in [0.29, 0.717) is 27.9 Å². The van der Waals surface area contributed by atoms with Crippen molar-refractivity contribution >= 4 is 23.2 Å². The van der Waals surface area contributed by atoms with Crippen molar-refractivity contribution in [1.82, 2.24) is 9.97 Å². The number of ketones is 1. The van der Waals surface area contributed by atoms with Crippen LogP contribution in [-0.4, -0.2) is 28.2 Å². The van der Waals surface area contributed by atoms with Crippen LogP contribution in [0.25, 0.3) is 0 Å². The lowest BCUT2D eigenvalue weighted by Gasteiger charge is -2.10. The van der Waals surface area contributed by atoms with Gasteiger partial charge in [-0.2, -0.15) is 0 Å². The topological polar surface area (TPSA) is 99.7 Å². The largest absolute Gasteiger partial charge is 0.453 e. The minimum atomic E-state index is -0.228. The first-order valence-electron chi connectivity index (χ1n) is 9.87. The summed E-state index contributed by atoms with van der Waals surface area (Å²) in [6.07, 6.45) is 4.70. The quantitative estimate of drug-likeness (QED) is 0.257. The van der Waals surface area contributed by atoms with E-state index in [4.69, 9.17) is 26.9 Å². The maximum atomic E-state index is 12.5. The molecule has 2 aromatic carbocycles. The van der Waals surface area contributed by atoms with Crippen LogP contribution in [0.4, 0.5) is 0 Å². The Balaban J connectivity index is 1.46. The molecule has 3 aromatic rings. The van der Waals surface area contributed by atoms with E-state index >= 15 is 0 Å². The molecular formula is C23H21ClN4O3. The third kappa shape index (κ3) is 5.00. The van der Waals surface area contributed by atoms with Crippen LogP contribution in [-0.2, 0) is 17.7 Å². The van der Waals surface area contributed by atoms with Crippen LogP contribution in [0.1, 0.15) is 39.4 Å². The van der Waals surface area contributed by atoms with Gasteiger partial charge in [-0.3, -0.25) is 4.79 Å². The highest BCUT2D eigenvalue weighted by Gasteiger charge is 2.16. The van der Waals surface area contributed by atoms with E-state index in [1.807, 2.05) is 18.2 Å². The second-order valence-corrected chi connectivity index (χ2v) is 7.64. The Kier molecular flexibility index (Phi) is 6.13. The molecule has 0 saturated carbocycles. The fourth-order valence-electron chi connectivity index (χ4n) is 3.41. The number of aryl methyl sites for hydroxylation is 3. The monoisotopic (exact) mass is 436 g/mol. The molecule has 1 aliphatic carbocycles. The smallest absolute Gasteiger partial charge is 0.203 e. The molecule has 1 aromatic heterocycles. The predicted octanol–water partition coefficient (Wildman–Crippen LogP) is 4.24. The summed E-state index contributed by atoms with van der Waals surface area (Å²) in [5.41, 5.74) is 9.48. The highest BCUT2D eigenvalue weighted by Crippen LogP contribution is 2.26. The number of oxime groups is 1. The summed E-state index contributed by atoms with van der Waals surface area (Å²) in [4.78, 5) is 26.1. The van der Waals surface area contributed by atoms with Crippen molar-refractivity contribution in [2.75, 3.05) is 6.61 Å². The molecule has 4 rings (SSSR count). The van der Waals surface area contributed by atoms with Gasteiger partial charge in [0, 0.05) is 10.6 Å². The number of halogens is 1. The summed E-state index contributed by atoms with van der Waals surface area (Å²) >= 11 is 6.01. The fourth-order valence-corrected chi connectivity index (χ4v) is 3.59. The molecule has 1 aliphatic rings. The van der Waals surface area contributed by atoms with Gasteiger partial charge in [-0.1, -0.05) is 35.0 Å². The highest BCUT2D eigenvalue weighted by atomic mass is 35.5. The van der Waals surface area contributed by atoms with Gasteiger partial charge in [0.15, 0.2) is 23.9 Å². The van der Waals surface area contributed by atoms with Gasteiger partial charge in [0.1, 0.15) is 11.6 Å². The van der Waals surface area contributed by atoms with Crippen molar-refractivity contribution in [3.8, 4) is 11.5 Å². The van der Waals surface area contributed by atoms with Crippen LogP contribution in [0.2, 0.25) is 5.02 Å². The van der Waals surface area contributed by atoms with Gasteiger partial charge in [-0.05, 0) is 61.6 Å². The predicted molar refractivity (Wildman–Crippen MR) is 118 cm³/mol. The van der Waals surface area contributed by atoms with Crippen LogP contribution in [0.5, 0.6) is 11.5 Å². The fraction of sp³-hybridized carbons (Fsp3) is 0.217. The van der Waals surface area contributed by atoms with Crippen LogP contribution in [0.3, 0.4) is 0 Å². The number of ether oxygens (including phenoxy) is 1. The van der Waals surface area contributed by atoms with Gasteiger partial charge in [0.25, 0.3) is 0 Å². The van der Waals surface area contributed by atoms with Crippen molar-refractivity contribution in [2.24, 2.45) is 10.9 Å². The molecule has 0 spiro atoms. The number of rotatable bonds is 7. The molecule has 0 bridgehead atoms. The molecule has 158 valence electrons. The van der Waals surface area contributed by atoms with E-state index in [1.54, 1.807) is 31.2 Å². The Labute approximate surface area is 184 Å². The first-order chi connectivity index (χ1) is 15.0. The van der Waals surface area contributed by atoms with E-state index in [0.717, 1.165) is 19.3 Å². The molecule has 31 heavy (non-hydrogen) atoms. The highest BCUT2D eigenvalue weighted by molar-refractivity contribution is 6.30. The normalized spacial score (nSPS) is 13.0. The average Bonchev–Trinajstić information content (AvgIpc) is 3.23. The second-order valence-electron chi connectivity index (χ2n) is 7.20. The van der Waals surface area contributed by atoms with Gasteiger partial charge in [0.05, 0.1) is 6.20 Å². The van der Waals surface area contributed by atoms with E-state index in [9.17, 15) is 4.79 Å². The zero-order chi connectivity index (χ0) is 21.8. The number of aromatic nitrogens is 2. The van der Waals surface area contributed by atoms with Crippen molar-refractivity contribution in [1.29, 1.82) is 0 Å². The number of nitrogens with two attached hydrogens (primary N) is 1. The zero-order valence-electron chi connectivity index (χ0n) is 17.0. The van der Waals surface area contributed by atoms with Crippen LogP contribution in [0, 0.1) is 6.92 Å². The molecule has 0 fully saturated rings. The summed E-state index contributed by atoms with van der Waals surface area (Å²) in [5.74, 6) is 1.09. The maximum Gasteiger partial charge on any atom is 0.203 e. The zero-order valence-corrected chi connectivity index (χ0v) is 17.7. The average molecular weight is 437 g/mol. The standard InChI is InChI=1S/C23H21ClN4O3/c1-14-26-12-21(31-19-7-3-6-18(24)11-19)22(27-14)23(25)28-30-13-20(29)17-9-8-15-4-2-5-16(15)10-17/h3,6-12H,2,4-5,13H2,1H3,(H2,25,28). The van der Waals surface area contributed by atoms with E-state index in [-0.39, 0.29) is 23.9 Å². The molecule has 0 radical (unpaired) electrons. The van der Waals surface area contributed by atoms with Gasteiger partial charge in [-0.15, -0.1) is 0 Å². The van der Waals surface area contributed by atoms with Crippen molar-refractivity contribution in [3.63, 3.8) is 0 Å². The van der Waals surface area contributed by atoms with Crippen molar-refractivity contribution < 1.29 is 14.4 Å². The number of carbonyl (C=O) groups is 1. The van der Waals surface area contributed by atoms with Crippen molar-refractivity contribution in [2.45, 2.75) is 26.2 Å². The number of amidine groups is 1. The first kappa shape index (κ1) is 20.8. The van der Waals surface area contributed by atoms with Crippen LogP contribution < -0.4 is 10.5 Å². The minimum absolute atomic E-state index is 0.0238. The SMILES string of the molecule is Cc1ncc(Oc2cccc(Cl)c2)c(C(N)=NOCC(=O)c2ccc3c(c2)CCC3)n1. The lowest BCUT2D eigenvalue weighted by Crippen LogP contribution is -2.19. The van der Waals surface area contributed by atoms with Gasteiger partial charge in [0.2, 0.25) is 5.78 Å². The summed E-state index contributed by atoms with van der Waals surface area (Å²) in [6, 6.07) is 12.7. The number of carbonyl (C=O) groups excluding carboxylic acids is 1. The molecular weight excluding hydrogens is 416 g/mol. The summed E-state index contributed by atoms with van der Waals surface area (Å²) in [6.45, 7) is 1.49. The lowest BCUT2D eigenvalue weighted by atomic mass is 10.0. The van der Waals surface area contributed by atoms with E-state index in [1.165, 1.54) is 17.3 Å². The van der Waals surface area contributed by atoms with Crippen LogP contribution >= 0.6 is 11.6 Å². The molecule has 0 saturated heterocycles. The van der Waals surface area contributed by atoms with Crippen molar-refractivity contribution in [3.05, 3.63) is 81.9 Å². The number of benzene rings is 2. The third-order valence-electron chi connectivity index (χ3n) is 4.92. The minimum Gasteiger partial charge on any atom is -0.453 e. The lowest BCUT2D eigenvalue weighted by molar-refractivity contribution is 0.0775. The summed E-state index contributed by atoms with van der Waals surface area (Å²) in [7, 11) is 0. The molecule has 7 nitrogen and oxygen atoms in total. The molecule has 0 aliphatic heterocycles. The number of Topliss-reactive ketones (excluding diaryl/α,β-unsaturated/α-hetero) is 1. The Morgan fingerprint density at radius 3 is 2.87 bits per heavy atom. The van der Waals surface area contributed by atoms with E-state index < -0.39 is 0 Å². The van der Waals surface area contributed by atoms with Gasteiger partial charge in [-0.25, -0.2) is 9.97 Å². The maximum absolute atomic E-state index is 12.5. The second kappa shape index (κ2) is 9.14. The van der Waals surface area contributed by atoms with Gasteiger partial charge >= 0.3 is 0 Å². The Hall–Kier alpha value is -3.45. The molecule has 2 N–H and O–H groups in total. The Morgan fingerprint density at radius 2 is 2.03 bits per heavy atom. The number of nitrogens with zero attached hydrogens (tertiary/aromatic N) is 3. The third-order valence-corrected chi connectivity index (χ3v) is 5.16. The number of hydrogen-bond donors (Lipinski definition) is 1. The van der Waals surface area contributed by atoms with Gasteiger partial charge < -0.3 is 15.3 Å². The summed E-state index contributed by atoms with van der Waals surface area (Å²) in [5, 5.41) is 4.40. The molecule has 0 unspecified atom stereocenters.